The molecule has 1 unspecified atom stereocenters. The summed E-state index contributed by atoms with van der Waals surface area (Å²) in [5.74, 6) is 0. The molecule has 112 valence electrons. The lowest BCUT2D eigenvalue weighted by molar-refractivity contribution is 0.606. The van der Waals surface area contributed by atoms with E-state index in [1.54, 1.807) is 6.07 Å². The van der Waals surface area contributed by atoms with Gasteiger partial charge >= 0.3 is 0 Å². The number of halogens is 2. The summed E-state index contributed by atoms with van der Waals surface area (Å²) in [4.78, 5) is 0. The first-order valence-corrected chi connectivity index (χ1v) is 8.23. The maximum atomic E-state index is 6.28. The molecule has 1 N–H and O–H groups in total. The van der Waals surface area contributed by atoms with E-state index < -0.39 is 0 Å². The fraction of sp³-hybridized carbons (Fsp3) is 0.333. The molecule has 0 aliphatic heterocycles. The number of benzene rings is 2. The van der Waals surface area contributed by atoms with Crippen molar-refractivity contribution in [3.05, 3.63) is 64.1 Å². The van der Waals surface area contributed by atoms with Gasteiger partial charge in [0.05, 0.1) is 16.8 Å². The second-order valence-electron chi connectivity index (χ2n) is 5.23. The van der Waals surface area contributed by atoms with Gasteiger partial charge in [-0.05, 0) is 30.2 Å². The number of nitrogens with one attached hydrogen (secondary N) is 1. The average Bonchev–Trinajstić information content (AvgIpc) is 2.49. The van der Waals surface area contributed by atoms with Crippen LogP contribution in [0.3, 0.4) is 0 Å². The Morgan fingerprint density at radius 2 is 1.76 bits per heavy atom. The van der Waals surface area contributed by atoms with Crippen LogP contribution in [0.1, 0.15) is 44.2 Å². The zero-order chi connectivity index (χ0) is 15.1. The highest BCUT2D eigenvalue weighted by Crippen LogP contribution is 2.31. The highest BCUT2D eigenvalue weighted by atomic mass is 35.5. The Kier molecular flexibility index (Phi) is 6.41. The molecular formula is C18H21Cl2N. The minimum atomic E-state index is 0.274. The fourth-order valence-electron chi connectivity index (χ4n) is 2.40. The van der Waals surface area contributed by atoms with E-state index in [0.717, 1.165) is 12.1 Å². The first-order valence-electron chi connectivity index (χ1n) is 7.47. The number of hydrogen-bond acceptors (Lipinski definition) is 1. The van der Waals surface area contributed by atoms with Crippen LogP contribution in [0.25, 0.3) is 0 Å². The van der Waals surface area contributed by atoms with E-state index in [-0.39, 0.29) is 6.04 Å². The van der Waals surface area contributed by atoms with Gasteiger partial charge in [-0.1, -0.05) is 79.7 Å². The van der Waals surface area contributed by atoms with Gasteiger partial charge in [0, 0.05) is 5.02 Å². The third kappa shape index (κ3) is 4.94. The first kappa shape index (κ1) is 16.2. The van der Waals surface area contributed by atoms with Gasteiger partial charge in [-0.3, -0.25) is 0 Å². The van der Waals surface area contributed by atoms with E-state index in [9.17, 15) is 0 Å². The molecule has 0 bridgehead atoms. The molecule has 1 atom stereocenters. The van der Waals surface area contributed by atoms with E-state index in [2.05, 4.69) is 36.5 Å². The molecule has 21 heavy (non-hydrogen) atoms. The molecule has 0 spiro atoms. The van der Waals surface area contributed by atoms with Crippen LogP contribution >= 0.6 is 23.2 Å². The summed E-state index contributed by atoms with van der Waals surface area (Å²) in [5, 5.41) is 4.88. The molecule has 0 heterocycles. The smallest absolute Gasteiger partial charge is 0.0652 e. The van der Waals surface area contributed by atoms with Gasteiger partial charge in [0.2, 0.25) is 0 Å². The van der Waals surface area contributed by atoms with Gasteiger partial charge < -0.3 is 5.32 Å². The second-order valence-corrected chi connectivity index (χ2v) is 6.07. The van der Waals surface area contributed by atoms with Crippen molar-refractivity contribution in [1.29, 1.82) is 0 Å². The summed E-state index contributed by atoms with van der Waals surface area (Å²) in [5.41, 5.74) is 2.23. The van der Waals surface area contributed by atoms with Crippen LogP contribution in [0, 0.1) is 0 Å². The lowest BCUT2D eigenvalue weighted by atomic mass is 10.00. The van der Waals surface area contributed by atoms with Crippen molar-refractivity contribution in [2.45, 2.75) is 38.6 Å². The Balaban J connectivity index is 2.15. The second kappa shape index (κ2) is 8.31. The Bertz CT molecular complexity index is 554. The highest BCUT2D eigenvalue weighted by Gasteiger charge is 2.12. The third-order valence-electron chi connectivity index (χ3n) is 3.56. The van der Waals surface area contributed by atoms with Crippen molar-refractivity contribution in [3.8, 4) is 0 Å². The topological polar surface area (TPSA) is 12.0 Å². The summed E-state index contributed by atoms with van der Waals surface area (Å²) in [6.45, 7) is 2.22. The van der Waals surface area contributed by atoms with Gasteiger partial charge in [0.15, 0.2) is 0 Å². The van der Waals surface area contributed by atoms with Gasteiger partial charge in [-0.15, -0.1) is 0 Å². The van der Waals surface area contributed by atoms with Gasteiger partial charge in [-0.25, -0.2) is 0 Å². The van der Waals surface area contributed by atoms with Crippen LogP contribution in [0.15, 0.2) is 48.5 Å². The minimum absolute atomic E-state index is 0.274. The molecule has 0 aliphatic rings. The van der Waals surface area contributed by atoms with E-state index in [4.69, 9.17) is 23.2 Å². The Morgan fingerprint density at radius 3 is 2.43 bits per heavy atom. The molecule has 0 amide bonds. The van der Waals surface area contributed by atoms with Crippen LogP contribution in [0.5, 0.6) is 0 Å². The molecule has 0 fully saturated rings. The van der Waals surface area contributed by atoms with Crippen molar-refractivity contribution < 1.29 is 0 Å². The average molecular weight is 322 g/mol. The van der Waals surface area contributed by atoms with Crippen molar-refractivity contribution in [2.24, 2.45) is 0 Å². The first-order chi connectivity index (χ1) is 10.2. The predicted molar refractivity (Wildman–Crippen MR) is 93.4 cm³/mol. The summed E-state index contributed by atoms with van der Waals surface area (Å²) >= 11 is 12.2. The van der Waals surface area contributed by atoms with E-state index in [0.29, 0.717) is 10.0 Å². The van der Waals surface area contributed by atoms with E-state index in [1.165, 1.54) is 24.8 Å². The predicted octanol–water partition coefficient (Wildman–Crippen LogP) is 6.73. The maximum absolute atomic E-state index is 6.28. The molecule has 2 aromatic carbocycles. The standard InChI is InChI=1S/C18H21Cl2N/c1-2-3-5-10-17(14-8-6-4-7-9-14)21-18-12-11-15(19)13-16(18)20/h4,6-9,11-13,17,21H,2-3,5,10H2,1H3. The molecule has 0 saturated carbocycles. The summed E-state index contributed by atoms with van der Waals surface area (Å²) < 4.78 is 0. The SMILES string of the molecule is CCCCCC(Nc1ccc(Cl)cc1Cl)c1ccccc1. The van der Waals surface area contributed by atoms with Crippen molar-refractivity contribution in [3.63, 3.8) is 0 Å². The molecule has 1 nitrogen and oxygen atoms in total. The Morgan fingerprint density at radius 1 is 1.00 bits per heavy atom. The molecule has 3 heteroatoms. The van der Waals surface area contributed by atoms with Crippen LogP contribution in [-0.4, -0.2) is 0 Å². The van der Waals surface area contributed by atoms with Gasteiger partial charge in [0.1, 0.15) is 0 Å². The number of rotatable bonds is 7. The maximum Gasteiger partial charge on any atom is 0.0652 e. The molecule has 2 aromatic rings. The molecule has 2 rings (SSSR count). The summed E-state index contributed by atoms with van der Waals surface area (Å²) in [6, 6.07) is 16.4. The van der Waals surface area contributed by atoms with Gasteiger partial charge in [-0.2, -0.15) is 0 Å². The number of unbranched alkanes of at least 4 members (excludes halogenated alkanes) is 2. The molecule has 0 saturated heterocycles. The molecule has 0 radical (unpaired) electrons. The van der Waals surface area contributed by atoms with Crippen LogP contribution in [0.4, 0.5) is 5.69 Å². The quantitative estimate of drug-likeness (QED) is 0.557. The molecule has 0 aromatic heterocycles. The normalized spacial score (nSPS) is 12.1. The Hall–Kier alpha value is -1.18. The summed E-state index contributed by atoms with van der Waals surface area (Å²) in [7, 11) is 0. The number of anilines is 1. The largest absolute Gasteiger partial charge is 0.377 e. The monoisotopic (exact) mass is 321 g/mol. The fourth-order valence-corrected chi connectivity index (χ4v) is 2.86. The molecular weight excluding hydrogens is 301 g/mol. The van der Waals surface area contributed by atoms with Crippen LogP contribution in [0.2, 0.25) is 10.0 Å². The number of hydrogen-bond donors (Lipinski definition) is 1. The molecule has 0 aliphatic carbocycles. The van der Waals surface area contributed by atoms with E-state index >= 15 is 0 Å². The third-order valence-corrected chi connectivity index (χ3v) is 4.11. The van der Waals surface area contributed by atoms with Crippen LogP contribution in [-0.2, 0) is 0 Å². The van der Waals surface area contributed by atoms with Crippen molar-refractivity contribution >= 4 is 28.9 Å². The van der Waals surface area contributed by atoms with Crippen molar-refractivity contribution in [1.82, 2.24) is 0 Å². The zero-order valence-corrected chi connectivity index (χ0v) is 13.8. The van der Waals surface area contributed by atoms with Crippen LogP contribution < -0.4 is 5.32 Å². The Labute approximate surface area is 137 Å². The lowest BCUT2D eigenvalue weighted by Crippen LogP contribution is -2.11. The highest BCUT2D eigenvalue weighted by molar-refractivity contribution is 6.36. The lowest BCUT2D eigenvalue weighted by Gasteiger charge is -2.21. The summed E-state index contributed by atoms with van der Waals surface area (Å²) in [6.07, 6.45) is 4.77. The van der Waals surface area contributed by atoms with Crippen molar-refractivity contribution in [2.75, 3.05) is 5.32 Å². The van der Waals surface area contributed by atoms with E-state index in [1.807, 2.05) is 18.2 Å². The minimum Gasteiger partial charge on any atom is -0.377 e. The zero-order valence-electron chi connectivity index (χ0n) is 12.3. The van der Waals surface area contributed by atoms with Gasteiger partial charge in [0.25, 0.3) is 0 Å².